The van der Waals surface area contributed by atoms with Crippen molar-refractivity contribution < 1.29 is 8.42 Å². The molecule has 0 bridgehead atoms. The summed E-state index contributed by atoms with van der Waals surface area (Å²) >= 11 is 3.42. The summed E-state index contributed by atoms with van der Waals surface area (Å²) in [5.74, 6) is 0.193. The van der Waals surface area contributed by atoms with E-state index in [1.54, 1.807) is 0 Å². The van der Waals surface area contributed by atoms with E-state index >= 15 is 0 Å². The zero-order valence-electron chi connectivity index (χ0n) is 10.1. The summed E-state index contributed by atoms with van der Waals surface area (Å²) < 4.78 is 27.1. The lowest BCUT2D eigenvalue weighted by atomic mass is 10.1. The first kappa shape index (κ1) is 14.7. The van der Waals surface area contributed by atoms with Gasteiger partial charge < -0.3 is 0 Å². The summed E-state index contributed by atoms with van der Waals surface area (Å²) in [6.45, 7) is 3.83. The van der Waals surface area contributed by atoms with E-state index in [4.69, 9.17) is 0 Å². The molecule has 0 saturated carbocycles. The minimum absolute atomic E-state index is 0.193. The van der Waals surface area contributed by atoms with Crippen LogP contribution in [0.1, 0.15) is 38.3 Å². The number of halogens is 1. The van der Waals surface area contributed by atoms with Crippen LogP contribution in [0.2, 0.25) is 0 Å². The molecule has 0 heterocycles. The molecule has 0 saturated heterocycles. The lowest BCUT2D eigenvalue weighted by Crippen LogP contribution is -2.29. The first-order valence-corrected chi connectivity index (χ1v) is 8.15. The highest BCUT2D eigenvalue weighted by Gasteiger charge is 2.16. The third-order valence-corrected chi connectivity index (χ3v) is 4.76. The summed E-state index contributed by atoms with van der Waals surface area (Å²) in [5.41, 5.74) is 0.951. The SMILES string of the molecule is CCCCS(=O)(=O)N[C@@H](C)c1ccccc1Br. The highest BCUT2D eigenvalue weighted by molar-refractivity contribution is 9.10. The van der Waals surface area contributed by atoms with Crippen LogP contribution in [0.4, 0.5) is 0 Å². The molecule has 0 fully saturated rings. The largest absolute Gasteiger partial charge is 0.212 e. The zero-order valence-corrected chi connectivity index (χ0v) is 12.5. The van der Waals surface area contributed by atoms with Crippen LogP contribution in [0, 0.1) is 0 Å². The Balaban J connectivity index is 2.73. The van der Waals surface area contributed by atoms with Gasteiger partial charge in [0.1, 0.15) is 0 Å². The maximum atomic E-state index is 11.8. The van der Waals surface area contributed by atoms with E-state index in [0.29, 0.717) is 6.42 Å². The molecule has 0 aromatic heterocycles. The van der Waals surface area contributed by atoms with Crippen molar-refractivity contribution in [2.45, 2.75) is 32.7 Å². The van der Waals surface area contributed by atoms with Crippen LogP contribution < -0.4 is 4.72 Å². The van der Waals surface area contributed by atoms with Crippen LogP contribution in [-0.2, 0) is 10.0 Å². The van der Waals surface area contributed by atoms with E-state index in [1.165, 1.54) is 0 Å². The summed E-state index contributed by atoms with van der Waals surface area (Å²) in [7, 11) is -3.18. The van der Waals surface area contributed by atoms with Gasteiger partial charge in [-0.3, -0.25) is 0 Å². The van der Waals surface area contributed by atoms with Gasteiger partial charge in [0.05, 0.1) is 5.75 Å². The Labute approximate surface area is 112 Å². The Bertz CT molecular complexity index is 459. The van der Waals surface area contributed by atoms with Crippen molar-refractivity contribution in [3.8, 4) is 0 Å². The van der Waals surface area contributed by atoms with Gasteiger partial charge in [0.2, 0.25) is 10.0 Å². The topological polar surface area (TPSA) is 46.2 Å². The highest BCUT2D eigenvalue weighted by atomic mass is 79.9. The second kappa shape index (κ2) is 6.52. The molecule has 0 spiro atoms. The molecular formula is C12H18BrNO2S. The predicted molar refractivity (Wildman–Crippen MR) is 74.4 cm³/mol. The van der Waals surface area contributed by atoms with Crippen LogP contribution in [0.3, 0.4) is 0 Å². The fourth-order valence-electron chi connectivity index (χ4n) is 1.55. The summed E-state index contributed by atoms with van der Waals surface area (Å²) in [6.07, 6.45) is 1.57. The zero-order chi connectivity index (χ0) is 12.9. The molecule has 96 valence electrons. The van der Waals surface area contributed by atoms with Gasteiger partial charge in [-0.25, -0.2) is 13.1 Å². The van der Waals surface area contributed by atoms with Gasteiger partial charge in [-0.2, -0.15) is 0 Å². The van der Waals surface area contributed by atoms with E-state index in [2.05, 4.69) is 20.7 Å². The van der Waals surface area contributed by atoms with Gasteiger partial charge in [-0.15, -0.1) is 0 Å². The normalized spacial score (nSPS) is 13.6. The van der Waals surface area contributed by atoms with Crippen molar-refractivity contribution in [1.82, 2.24) is 4.72 Å². The monoisotopic (exact) mass is 319 g/mol. The number of hydrogen-bond acceptors (Lipinski definition) is 2. The summed E-state index contributed by atoms with van der Waals surface area (Å²) in [4.78, 5) is 0. The third-order valence-electron chi connectivity index (χ3n) is 2.49. The lowest BCUT2D eigenvalue weighted by molar-refractivity contribution is 0.563. The highest BCUT2D eigenvalue weighted by Crippen LogP contribution is 2.23. The number of benzene rings is 1. The van der Waals surface area contributed by atoms with E-state index in [0.717, 1.165) is 16.5 Å². The molecule has 0 aliphatic carbocycles. The molecule has 1 rings (SSSR count). The van der Waals surface area contributed by atoms with Gasteiger partial charge in [0, 0.05) is 10.5 Å². The lowest BCUT2D eigenvalue weighted by Gasteiger charge is -2.15. The number of unbranched alkanes of at least 4 members (excludes halogenated alkanes) is 1. The van der Waals surface area contributed by atoms with Crippen molar-refractivity contribution in [3.63, 3.8) is 0 Å². The van der Waals surface area contributed by atoms with E-state index < -0.39 is 10.0 Å². The van der Waals surface area contributed by atoms with Crippen LogP contribution in [-0.4, -0.2) is 14.2 Å². The van der Waals surface area contributed by atoms with E-state index in [1.807, 2.05) is 38.1 Å². The Morgan fingerprint density at radius 2 is 2.00 bits per heavy atom. The molecular weight excluding hydrogens is 302 g/mol. The first-order valence-electron chi connectivity index (χ1n) is 5.70. The molecule has 1 atom stereocenters. The number of sulfonamides is 1. The molecule has 3 nitrogen and oxygen atoms in total. The van der Waals surface area contributed by atoms with Gasteiger partial charge in [0.15, 0.2) is 0 Å². The van der Waals surface area contributed by atoms with Crippen molar-refractivity contribution in [2.75, 3.05) is 5.75 Å². The molecule has 1 N–H and O–H groups in total. The summed E-state index contributed by atoms with van der Waals surface area (Å²) in [5, 5.41) is 0. The molecule has 0 aliphatic heterocycles. The Kier molecular flexibility index (Phi) is 5.62. The molecule has 0 unspecified atom stereocenters. The molecule has 5 heteroatoms. The Morgan fingerprint density at radius 3 is 2.59 bits per heavy atom. The number of rotatable bonds is 6. The van der Waals surface area contributed by atoms with Gasteiger partial charge >= 0.3 is 0 Å². The molecule has 1 aromatic rings. The molecule has 0 aliphatic rings. The number of nitrogens with one attached hydrogen (secondary N) is 1. The van der Waals surface area contributed by atoms with Crippen molar-refractivity contribution in [2.24, 2.45) is 0 Å². The van der Waals surface area contributed by atoms with E-state index in [9.17, 15) is 8.42 Å². The van der Waals surface area contributed by atoms with Crippen LogP contribution in [0.15, 0.2) is 28.7 Å². The minimum Gasteiger partial charge on any atom is -0.212 e. The van der Waals surface area contributed by atoms with Crippen LogP contribution >= 0.6 is 15.9 Å². The van der Waals surface area contributed by atoms with Crippen molar-refractivity contribution in [3.05, 3.63) is 34.3 Å². The van der Waals surface area contributed by atoms with Crippen LogP contribution in [0.25, 0.3) is 0 Å². The number of hydrogen-bond donors (Lipinski definition) is 1. The fourth-order valence-corrected chi connectivity index (χ4v) is 3.63. The fraction of sp³-hybridized carbons (Fsp3) is 0.500. The third kappa shape index (κ3) is 4.77. The van der Waals surface area contributed by atoms with Crippen molar-refractivity contribution in [1.29, 1.82) is 0 Å². The maximum absolute atomic E-state index is 11.8. The van der Waals surface area contributed by atoms with Crippen LogP contribution in [0.5, 0.6) is 0 Å². The first-order chi connectivity index (χ1) is 7.96. The van der Waals surface area contributed by atoms with Gasteiger partial charge in [-0.05, 0) is 25.0 Å². The quantitative estimate of drug-likeness (QED) is 0.875. The molecule has 0 amide bonds. The second-order valence-corrected chi connectivity index (χ2v) is 6.76. The van der Waals surface area contributed by atoms with Crippen molar-refractivity contribution >= 4 is 26.0 Å². The van der Waals surface area contributed by atoms with Gasteiger partial charge in [0.25, 0.3) is 0 Å². The van der Waals surface area contributed by atoms with Gasteiger partial charge in [-0.1, -0.05) is 47.5 Å². The predicted octanol–water partition coefficient (Wildman–Crippen LogP) is 3.23. The average molecular weight is 320 g/mol. The van der Waals surface area contributed by atoms with E-state index in [-0.39, 0.29) is 11.8 Å². The second-order valence-electron chi connectivity index (χ2n) is 4.03. The molecule has 1 aromatic carbocycles. The molecule has 17 heavy (non-hydrogen) atoms. The standard InChI is InChI=1S/C12H18BrNO2S/c1-3-4-9-17(15,16)14-10(2)11-7-5-6-8-12(11)13/h5-8,10,14H,3-4,9H2,1-2H3/t10-/m0/s1. The molecule has 0 radical (unpaired) electrons. The Hall–Kier alpha value is -0.390. The minimum atomic E-state index is -3.18. The maximum Gasteiger partial charge on any atom is 0.212 e. The summed E-state index contributed by atoms with van der Waals surface area (Å²) in [6, 6.07) is 7.42. The average Bonchev–Trinajstić information content (AvgIpc) is 2.26. The Morgan fingerprint density at radius 1 is 1.35 bits per heavy atom. The smallest absolute Gasteiger partial charge is 0.212 e.